The van der Waals surface area contributed by atoms with E-state index in [1.165, 1.54) is 4.68 Å². The molecule has 4 aromatic rings. The van der Waals surface area contributed by atoms with Gasteiger partial charge in [-0.05, 0) is 48.5 Å². The van der Waals surface area contributed by atoms with Crippen LogP contribution in [0.1, 0.15) is 16.1 Å². The highest BCUT2D eigenvalue weighted by Crippen LogP contribution is 2.22. The second-order valence-corrected chi connectivity index (χ2v) is 6.00. The van der Waals surface area contributed by atoms with Crippen LogP contribution in [0.25, 0.3) is 11.4 Å². The molecule has 7 heteroatoms. The number of carbonyl (C=O) groups is 1. The molecule has 28 heavy (non-hydrogen) atoms. The predicted octanol–water partition coefficient (Wildman–Crippen LogP) is 3.85. The van der Waals surface area contributed by atoms with Crippen LogP contribution in [0.15, 0.2) is 77.4 Å². The quantitative estimate of drug-likeness (QED) is 0.552. The maximum absolute atomic E-state index is 13.0. The summed E-state index contributed by atoms with van der Waals surface area (Å²) in [5.74, 6) is 1.98. The molecule has 1 N–H and O–H groups in total. The Morgan fingerprint density at radius 2 is 1.86 bits per heavy atom. The number of benzene rings is 2. The van der Waals surface area contributed by atoms with Crippen LogP contribution in [0, 0.1) is 0 Å². The summed E-state index contributed by atoms with van der Waals surface area (Å²) in [7, 11) is 1.61. The molecule has 0 saturated heterocycles. The normalized spacial score (nSPS) is 10.6. The van der Waals surface area contributed by atoms with E-state index < -0.39 is 0 Å². The number of methoxy groups -OCH3 is 1. The number of nitrogens with one attached hydrogen (secondary N) is 1. The van der Waals surface area contributed by atoms with Gasteiger partial charge in [-0.2, -0.15) is 9.67 Å². The van der Waals surface area contributed by atoms with E-state index in [4.69, 9.17) is 9.15 Å². The van der Waals surface area contributed by atoms with Crippen LogP contribution in [0.3, 0.4) is 0 Å². The number of furan rings is 1. The van der Waals surface area contributed by atoms with Crippen LogP contribution < -0.4 is 10.1 Å². The van der Waals surface area contributed by atoms with Gasteiger partial charge in [0, 0.05) is 11.1 Å². The molecule has 0 bridgehead atoms. The monoisotopic (exact) mass is 374 g/mol. The highest BCUT2D eigenvalue weighted by Gasteiger charge is 2.19. The molecule has 2 aromatic heterocycles. The lowest BCUT2D eigenvalue weighted by molar-refractivity contribution is 0.0947. The van der Waals surface area contributed by atoms with E-state index in [2.05, 4.69) is 15.4 Å². The number of nitrogens with zero attached hydrogens (tertiary/aromatic N) is 3. The molecule has 0 amide bonds. The van der Waals surface area contributed by atoms with Crippen molar-refractivity contribution in [3.63, 3.8) is 0 Å². The largest absolute Gasteiger partial charge is 0.497 e. The van der Waals surface area contributed by atoms with E-state index >= 15 is 0 Å². The maximum atomic E-state index is 13.0. The van der Waals surface area contributed by atoms with Crippen molar-refractivity contribution in [2.24, 2.45) is 0 Å². The van der Waals surface area contributed by atoms with Gasteiger partial charge in [0.2, 0.25) is 5.95 Å². The number of anilines is 1. The Morgan fingerprint density at radius 1 is 1.07 bits per heavy atom. The Labute approximate surface area is 161 Å². The molecule has 2 heterocycles. The molecule has 0 aliphatic carbocycles. The van der Waals surface area contributed by atoms with Crippen molar-refractivity contribution in [3.05, 3.63) is 84.3 Å². The van der Waals surface area contributed by atoms with Crippen LogP contribution in [-0.2, 0) is 6.54 Å². The van der Waals surface area contributed by atoms with Crippen LogP contribution in [0.2, 0.25) is 0 Å². The summed E-state index contributed by atoms with van der Waals surface area (Å²) in [6, 6.07) is 20.0. The zero-order valence-corrected chi connectivity index (χ0v) is 15.2. The second-order valence-electron chi connectivity index (χ2n) is 6.00. The Morgan fingerprint density at radius 3 is 2.54 bits per heavy atom. The minimum atomic E-state index is -0.269. The summed E-state index contributed by atoms with van der Waals surface area (Å²) < 4.78 is 11.8. The van der Waals surface area contributed by atoms with E-state index in [1.807, 2.05) is 48.5 Å². The SMILES string of the molecule is COc1ccc(-c2nc(NCc3ccco3)n(C(=O)c3ccccc3)n2)cc1. The molecule has 2 aromatic carbocycles. The van der Waals surface area contributed by atoms with Gasteiger partial charge in [0.1, 0.15) is 11.5 Å². The highest BCUT2D eigenvalue weighted by molar-refractivity contribution is 5.97. The molecular formula is C21H18N4O3. The van der Waals surface area contributed by atoms with Crippen molar-refractivity contribution < 1.29 is 13.9 Å². The van der Waals surface area contributed by atoms with Crippen LogP contribution in [-0.4, -0.2) is 27.8 Å². The number of hydrogen-bond donors (Lipinski definition) is 1. The number of ether oxygens (including phenoxy) is 1. The Hall–Kier alpha value is -3.87. The van der Waals surface area contributed by atoms with E-state index in [1.54, 1.807) is 31.6 Å². The first-order chi connectivity index (χ1) is 13.7. The summed E-state index contributed by atoms with van der Waals surface area (Å²) >= 11 is 0. The fraction of sp³-hybridized carbons (Fsp3) is 0.0952. The fourth-order valence-corrected chi connectivity index (χ4v) is 2.71. The van der Waals surface area contributed by atoms with Crippen molar-refractivity contribution >= 4 is 11.9 Å². The number of hydrogen-bond acceptors (Lipinski definition) is 6. The van der Waals surface area contributed by atoms with E-state index in [-0.39, 0.29) is 5.91 Å². The van der Waals surface area contributed by atoms with Crippen molar-refractivity contribution in [2.45, 2.75) is 6.54 Å². The first-order valence-corrected chi connectivity index (χ1v) is 8.72. The minimum Gasteiger partial charge on any atom is -0.497 e. The van der Waals surface area contributed by atoms with Crippen molar-refractivity contribution in [2.75, 3.05) is 12.4 Å². The lowest BCUT2D eigenvalue weighted by Gasteiger charge is -2.05. The molecule has 7 nitrogen and oxygen atoms in total. The van der Waals surface area contributed by atoms with Gasteiger partial charge in [-0.25, -0.2) is 0 Å². The number of aromatic nitrogens is 3. The summed E-state index contributed by atoms with van der Waals surface area (Å²) in [4.78, 5) is 17.5. The zero-order valence-electron chi connectivity index (χ0n) is 15.2. The second kappa shape index (κ2) is 7.79. The minimum absolute atomic E-state index is 0.269. The molecule has 0 aliphatic rings. The first kappa shape index (κ1) is 17.5. The molecular weight excluding hydrogens is 356 g/mol. The molecule has 0 radical (unpaired) electrons. The van der Waals surface area contributed by atoms with Gasteiger partial charge in [0.15, 0.2) is 5.82 Å². The third-order valence-corrected chi connectivity index (χ3v) is 4.17. The Balaban J connectivity index is 1.69. The first-order valence-electron chi connectivity index (χ1n) is 8.72. The summed E-state index contributed by atoms with van der Waals surface area (Å²) in [6.45, 7) is 0.385. The third kappa shape index (κ3) is 3.64. The number of rotatable bonds is 6. The van der Waals surface area contributed by atoms with Crippen molar-refractivity contribution in [1.82, 2.24) is 14.8 Å². The standard InChI is InChI=1S/C21H18N4O3/c1-27-17-11-9-15(10-12-17)19-23-21(22-14-18-8-5-13-28-18)25(24-19)20(26)16-6-3-2-4-7-16/h2-13H,14H2,1H3,(H,22,23,24). The van der Waals surface area contributed by atoms with E-state index in [9.17, 15) is 4.79 Å². The molecule has 0 spiro atoms. The maximum Gasteiger partial charge on any atom is 0.281 e. The van der Waals surface area contributed by atoms with Gasteiger partial charge in [-0.3, -0.25) is 4.79 Å². The lowest BCUT2D eigenvalue weighted by Crippen LogP contribution is -2.17. The summed E-state index contributed by atoms with van der Waals surface area (Å²) in [6.07, 6.45) is 1.60. The van der Waals surface area contributed by atoms with Crippen molar-refractivity contribution in [3.8, 4) is 17.1 Å². The molecule has 0 atom stereocenters. The van der Waals surface area contributed by atoms with Gasteiger partial charge >= 0.3 is 0 Å². The molecule has 4 rings (SSSR count). The van der Waals surface area contributed by atoms with Gasteiger partial charge in [-0.1, -0.05) is 18.2 Å². The summed E-state index contributed by atoms with van der Waals surface area (Å²) in [5.41, 5.74) is 1.30. The molecule has 0 aliphatic heterocycles. The average molecular weight is 374 g/mol. The van der Waals surface area contributed by atoms with Crippen LogP contribution >= 0.6 is 0 Å². The third-order valence-electron chi connectivity index (χ3n) is 4.17. The molecule has 0 saturated carbocycles. The summed E-state index contributed by atoms with van der Waals surface area (Å²) in [5, 5.41) is 7.56. The smallest absolute Gasteiger partial charge is 0.281 e. The fourth-order valence-electron chi connectivity index (χ4n) is 2.71. The van der Waals surface area contributed by atoms with E-state index in [0.717, 1.165) is 17.1 Å². The van der Waals surface area contributed by atoms with Gasteiger partial charge in [0.05, 0.1) is 19.9 Å². The van der Waals surface area contributed by atoms with Gasteiger partial charge in [-0.15, -0.1) is 5.10 Å². The Kier molecular flexibility index (Phi) is 4.88. The average Bonchev–Trinajstić information content (AvgIpc) is 3.42. The van der Waals surface area contributed by atoms with Gasteiger partial charge in [0.25, 0.3) is 5.91 Å². The molecule has 0 fully saturated rings. The van der Waals surface area contributed by atoms with Crippen LogP contribution in [0.5, 0.6) is 5.75 Å². The topological polar surface area (TPSA) is 82.2 Å². The zero-order chi connectivity index (χ0) is 19.3. The Bertz CT molecular complexity index is 1060. The lowest BCUT2D eigenvalue weighted by atomic mass is 10.2. The van der Waals surface area contributed by atoms with Gasteiger partial charge < -0.3 is 14.5 Å². The highest BCUT2D eigenvalue weighted by atomic mass is 16.5. The van der Waals surface area contributed by atoms with E-state index in [0.29, 0.717) is 23.9 Å². The predicted molar refractivity (Wildman–Crippen MR) is 104 cm³/mol. The molecule has 0 unspecified atom stereocenters. The number of carbonyl (C=O) groups excluding carboxylic acids is 1. The van der Waals surface area contributed by atoms with Crippen molar-refractivity contribution in [1.29, 1.82) is 0 Å². The van der Waals surface area contributed by atoms with Crippen LogP contribution in [0.4, 0.5) is 5.95 Å². The molecule has 140 valence electrons.